The fourth-order valence-electron chi connectivity index (χ4n) is 3.24. The Morgan fingerprint density at radius 3 is 2.29 bits per heavy atom. The van der Waals surface area contributed by atoms with Crippen LogP contribution in [0, 0.1) is 0 Å². The monoisotopic (exact) mass is 515 g/mol. The quantitative estimate of drug-likeness (QED) is 0.242. The van der Waals surface area contributed by atoms with E-state index in [4.69, 9.17) is 11.6 Å². The lowest BCUT2D eigenvalue weighted by Crippen LogP contribution is -2.22. The molecule has 4 rings (SSSR count). The maximum Gasteiger partial charge on any atom is 0.416 e. The summed E-state index contributed by atoms with van der Waals surface area (Å²) in [5.41, 5.74) is 0.305. The van der Waals surface area contributed by atoms with E-state index < -0.39 is 17.6 Å². The Morgan fingerprint density at radius 2 is 1.63 bits per heavy atom. The fourth-order valence-corrected chi connectivity index (χ4v) is 4.23. The first kappa shape index (κ1) is 24.6. The van der Waals surface area contributed by atoms with Gasteiger partial charge in [-0.15, -0.1) is 0 Å². The first-order valence-corrected chi connectivity index (χ1v) is 11.6. The Hall–Kier alpha value is -3.56. The lowest BCUT2D eigenvalue weighted by Gasteiger charge is -2.14. The van der Waals surface area contributed by atoms with Crippen LogP contribution in [0.5, 0.6) is 0 Å². The Balaban J connectivity index is 1.62. The molecule has 0 saturated heterocycles. The number of carbonyl (C=O) groups excluding carboxylic acids is 1. The standard InChI is InChI=1S/C25H17ClF3N3O2S/c26-19-12-11-17(25(27,28)29)13-21(19)30-22(33)15-35-24-31-20(16-7-3-1-4-8-16)14-23(34)32(24)18-9-5-2-6-10-18/h1-14H,15H2,(H,30,33). The molecule has 0 radical (unpaired) electrons. The third-order valence-electron chi connectivity index (χ3n) is 4.87. The van der Waals surface area contributed by atoms with Gasteiger partial charge in [-0.05, 0) is 30.3 Å². The molecule has 0 fully saturated rings. The Labute approximate surface area is 207 Å². The molecule has 0 aliphatic rings. The molecule has 4 aromatic rings. The molecule has 1 N–H and O–H groups in total. The van der Waals surface area contributed by atoms with Crippen LogP contribution >= 0.6 is 23.4 Å². The number of benzene rings is 3. The smallest absolute Gasteiger partial charge is 0.324 e. The van der Waals surface area contributed by atoms with Gasteiger partial charge >= 0.3 is 6.18 Å². The average Bonchev–Trinajstić information content (AvgIpc) is 2.84. The summed E-state index contributed by atoms with van der Waals surface area (Å²) in [6.45, 7) is 0. The van der Waals surface area contributed by atoms with E-state index in [1.807, 2.05) is 30.3 Å². The van der Waals surface area contributed by atoms with Crippen molar-refractivity contribution < 1.29 is 18.0 Å². The first-order valence-electron chi connectivity index (χ1n) is 10.3. The predicted octanol–water partition coefficient (Wildman–Crippen LogP) is 6.30. The third-order valence-corrected chi connectivity index (χ3v) is 6.14. The minimum absolute atomic E-state index is 0.0262. The molecule has 1 heterocycles. The second kappa shape index (κ2) is 10.4. The molecule has 178 valence electrons. The van der Waals surface area contributed by atoms with Crippen molar-refractivity contribution in [2.45, 2.75) is 11.3 Å². The molecule has 1 amide bonds. The number of para-hydroxylation sites is 1. The zero-order valence-corrected chi connectivity index (χ0v) is 19.5. The average molecular weight is 516 g/mol. The Morgan fingerprint density at radius 1 is 0.971 bits per heavy atom. The molecule has 5 nitrogen and oxygen atoms in total. The Kier molecular flexibility index (Phi) is 7.28. The van der Waals surface area contributed by atoms with E-state index in [0.29, 0.717) is 11.4 Å². The molecule has 0 aliphatic heterocycles. The number of amides is 1. The van der Waals surface area contributed by atoms with E-state index in [1.165, 1.54) is 10.6 Å². The van der Waals surface area contributed by atoms with E-state index in [2.05, 4.69) is 10.3 Å². The number of anilines is 1. The molecule has 10 heteroatoms. The summed E-state index contributed by atoms with van der Waals surface area (Å²) in [5, 5.41) is 2.64. The van der Waals surface area contributed by atoms with Crippen molar-refractivity contribution in [1.82, 2.24) is 9.55 Å². The predicted molar refractivity (Wildman–Crippen MR) is 131 cm³/mol. The maximum atomic E-state index is 13.0. The topological polar surface area (TPSA) is 64.0 Å². The molecule has 0 saturated carbocycles. The maximum absolute atomic E-state index is 13.0. The minimum atomic E-state index is -4.58. The number of nitrogens with one attached hydrogen (secondary N) is 1. The Bertz CT molecular complexity index is 1410. The molecule has 35 heavy (non-hydrogen) atoms. The van der Waals surface area contributed by atoms with Crippen LogP contribution in [0.1, 0.15) is 5.56 Å². The number of aromatic nitrogens is 2. The van der Waals surface area contributed by atoms with Gasteiger partial charge in [-0.2, -0.15) is 13.2 Å². The summed E-state index contributed by atoms with van der Waals surface area (Å²) < 4.78 is 40.5. The fraction of sp³-hybridized carbons (Fsp3) is 0.0800. The van der Waals surface area contributed by atoms with E-state index in [-0.39, 0.29) is 27.2 Å². The number of carbonyl (C=O) groups is 1. The highest BCUT2D eigenvalue weighted by atomic mass is 35.5. The summed E-state index contributed by atoms with van der Waals surface area (Å²) in [4.78, 5) is 30.2. The van der Waals surface area contributed by atoms with Crippen LogP contribution in [-0.4, -0.2) is 21.2 Å². The van der Waals surface area contributed by atoms with Crippen molar-refractivity contribution in [2.24, 2.45) is 0 Å². The lowest BCUT2D eigenvalue weighted by atomic mass is 10.1. The van der Waals surface area contributed by atoms with E-state index in [0.717, 1.165) is 35.5 Å². The van der Waals surface area contributed by atoms with E-state index in [1.54, 1.807) is 30.3 Å². The SMILES string of the molecule is O=C(CSc1nc(-c2ccccc2)cc(=O)n1-c1ccccc1)Nc1cc(C(F)(F)F)ccc1Cl. The van der Waals surface area contributed by atoms with Crippen LogP contribution in [0.3, 0.4) is 0 Å². The number of rotatable bonds is 6. The lowest BCUT2D eigenvalue weighted by molar-refractivity contribution is -0.137. The van der Waals surface area contributed by atoms with Gasteiger partial charge in [0.25, 0.3) is 5.56 Å². The first-order chi connectivity index (χ1) is 16.7. The molecule has 0 bridgehead atoms. The van der Waals surface area contributed by atoms with Crippen molar-refractivity contribution in [3.63, 3.8) is 0 Å². The van der Waals surface area contributed by atoms with Gasteiger partial charge < -0.3 is 5.32 Å². The van der Waals surface area contributed by atoms with Gasteiger partial charge in [-0.25, -0.2) is 4.98 Å². The highest BCUT2D eigenvalue weighted by Crippen LogP contribution is 2.34. The number of hydrogen-bond donors (Lipinski definition) is 1. The van der Waals surface area contributed by atoms with Crippen molar-refractivity contribution in [3.05, 3.63) is 106 Å². The summed E-state index contributed by atoms with van der Waals surface area (Å²) in [6, 6.07) is 22.0. The van der Waals surface area contributed by atoms with Crippen LogP contribution in [0.15, 0.2) is 94.9 Å². The summed E-state index contributed by atoms with van der Waals surface area (Å²) in [6.07, 6.45) is -4.58. The van der Waals surface area contributed by atoms with Crippen molar-refractivity contribution in [2.75, 3.05) is 11.1 Å². The largest absolute Gasteiger partial charge is 0.416 e. The molecule has 0 atom stereocenters. The number of nitrogens with zero attached hydrogens (tertiary/aromatic N) is 2. The normalized spacial score (nSPS) is 11.3. The molecule has 0 aliphatic carbocycles. The molecule has 1 aromatic heterocycles. The number of thioether (sulfide) groups is 1. The van der Waals surface area contributed by atoms with Gasteiger partial charge in [0, 0.05) is 11.6 Å². The van der Waals surface area contributed by atoms with Crippen LogP contribution < -0.4 is 10.9 Å². The van der Waals surface area contributed by atoms with E-state index in [9.17, 15) is 22.8 Å². The number of alkyl halides is 3. The van der Waals surface area contributed by atoms with Crippen LogP contribution in [0.25, 0.3) is 16.9 Å². The van der Waals surface area contributed by atoms with Gasteiger partial charge in [0.15, 0.2) is 5.16 Å². The number of halogens is 4. The van der Waals surface area contributed by atoms with Crippen molar-refractivity contribution in [3.8, 4) is 16.9 Å². The van der Waals surface area contributed by atoms with Crippen LogP contribution in [0.4, 0.5) is 18.9 Å². The molecule has 3 aromatic carbocycles. The van der Waals surface area contributed by atoms with Gasteiger partial charge in [-0.1, -0.05) is 71.9 Å². The summed E-state index contributed by atoms with van der Waals surface area (Å²) >= 11 is 6.96. The zero-order valence-electron chi connectivity index (χ0n) is 17.9. The molecular weight excluding hydrogens is 499 g/mol. The van der Waals surface area contributed by atoms with Gasteiger partial charge in [0.2, 0.25) is 5.91 Å². The zero-order chi connectivity index (χ0) is 25.0. The third kappa shape index (κ3) is 5.93. The second-order valence-electron chi connectivity index (χ2n) is 7.33. The second-order valence-corrected chi connectivity index (χ2v) is 8.68. The minimum Gasteiger partial charge on any atom is -0.324 e. The highest BCUT2D eigenvalue weighted by molar-refractivity contribution is 7.99. The number of hydrogen-bond acceptors (Lipinski definition) is 4. The van der Waals surface area contributed by atoms with Crippen molar-refractivity contribution in [1.29, 1.82) is 0 Å². The summed E-state index contributed by atoms with van der Waals surface area (Å²) in [7, 11) is 0. The molecule has 0 unspecified atom stereocenters. The summed E-state index contributed by atoms with van der Waals surface area (Å²) in [5.74, 6) is -0.820. The van der Waals surface area contributed by atoms with Crippen LogP contribution in [0.2, 0.25) is 5.02 Å². The van der Waals surface area contributed by atoms with Gasteiger partial charge in [0.1, 0.15) is 0 Å². The van der Waals surface area contributed by atoms with Gasteiger partial charge in [-0.3, -0.25) is 14.2 Å². The highest BCUT2D eigenvalue weighted by Gasteiger charge is 2.31. The molecule has 0 spiro atoms. The van der Waals surface area contributed by atoms with Gasteiger partial charge in [0.05, 0.1) is 33.4 Å². The van der Waals surface area contributed by atoms with E-state index >= 15 is 0 Å². The molecular formula is C25H17ClF3N3O2S. The van der Waals surface area contributed by atoms with Crippen molar-refractivity contribution >= 4 is 35.0 Å². The van der Waals surface area contributed by atoms with Crippen LogP contribution in [-0.2, 0) is 11.0 Å².